The van der Waals surface area contributed by atoms with E-state index < -0.39 is 0 Å². The van der Waals surface area contributed by atoms with Crippen molar-refractivity contribution in [2.45, 2.75) is 32.1 Å². The lowest BCUT2D eigenvalue weighted by atomic mass is 10.1. The van der Waals surface area contributed by atoms with Crippen LogP contribution in [0.1, 0.15) is 32.1 Å². The third-order valence-corrected chi connectivity index (χ3v) is 2.44. The molecule has 0 bridgehead atoms. The number of hydrogen-bond donors (Lipinski definition) is 1. The lowest BCUT2D eigenvalue weighted by molar-refractivity contribution is -0.136. The van der Waals surface area contributed by atoms with E-state index in [0.717, 1.165) is 32.1 Å². The van der Waals surface area contributed by atoms with Gasteiger partial charge in [-0.1, -0.05) is 19.3 Å². The van der Waals surface area contributed by atoms with Crippen molar-refractivity contribution >= 4 is 11.8 Å². The Balaban J connectivity index is 2.05. The summed E-state index contributed by atoms with van der Waals surface area (Å²) in [5.74, 6) is -0.397. The zero-order valence-corrected chi connectivity index (χ0v) is 8.82. The van der Waals surface area contributed by atoms with Gasteiger partial charge in [-0.05, 0) is 12.8 Å². The fourth-order valence-corrected chi connectivity index (χ4v) is 1.56. The molecule has 1 heterocycles. The lowest BCUT2D eigenvalue weighted by Crippen LogP contribution is -2.30. The van der Waals surface area contributed by atoms with E-state index in [0.29, 0.717) is 6.54 Å². The minimum Gasteiger partial charge on any atom is -0.396 e. The first-order valence-corrected chi connectivity index (χ1v) is 5.40. The van der Waals surface area contributed by atoms with Gasteiger partial charge >= 0.3 is 0 Å². The van der Waals surface area contributed by atoms with E-state index in [9.17, 15) is 9.59 Å². The number of unbranched alkanes of at least 4 members (excludes halogenated alkanes) is 4. The number of nitrogens with zero attached hydrogens (tertiary/aromatic N) is 1. The normalized spacial score (nSPS) is 15.4. The Kier molecular flexibility index (Phi) is 5.04. The maximum atomic E-state index is 11.1. The second-order valence-corrected chi connectivity index (χ2v) is 3.65. The first-order valence-electron chi connectivity index (χ1n) is 5.40. The predicted molar refractivity (Wildman–Crippen MR) is 56.0 cm³/mol. The number of hydrogen-bond acceptors (Lipinski definition) is 3. The molecule has 0 spiro atoms. The lowest BCUT2D eigenvalue weighted by Gasteiger charge is -2.12. The smallest absolute Gasteiger partial charge is 0.253 e. The van der Waals surface area contributed by atoms with E-state index in [1.54, 1.807) is 0 Å². The number of aliphatic hydroxyl groups excluding tert-OH is 1. The van der Waals surface area contributed by atoms with Gasteiger partial charge in [0.15, 0.2) is 0 Å². The van der Waals surface area contributed by atoms with Gasteiger partial charge in [-0.2, -0.15) is 0 Å². The molecule has 0 aromatic carbocycles. The average Bonchev–Trinajstić information content (AvgIpc) is 2.54. The van der Waals surface area contributed by atoms with Gasteiger partial charge < -0.3 is 5.11 Å². The highest BCUT2D eigenvalue weighted by Crippen LogP contribution is 2.08. The third-order valence-electron chi connectivity index (χ3n) is 2.44. The van der Waals surface area contributed by atoms with Crippen molar-refractivity contribution in [3.05, 3.63) is 12.2 Å². The SMILES string of the molecule is O=C1C=CC(=O)N1CCCCCCCO. The summed E-state index contributed by atoms with van der Waals surface area (Å²) >= 11 is 0. The first-order chi connectivity index (χ1) is 7.25. The number of carbonyl (C=O) groups excluding carboxylic acids is 2. The van der Waals surface area contributed by atoms with Crippen LogP contribution in [0.5, 0.6) is 0 Å². The number of amides is 2. The van der Waals surface area contributed by atoms with Gasteiger partial charge in [-0.3, -0.25) is 14.5 Å². The summed E-state index contributed by atoms with van der Waals surface area (Å²) in [7, 11) is 0. The van der Waals surface area contributed by atoms with Gasteiger partial charge in [0.2, 0.25) is 0 Å². The number of aliphatic hydroxyl groups is 1. The summed E-state index contributed by atoms with van der Waals surface area (Å²) in [4.78, 5) is 23.5. The van der Waals surface area contributed by atoms with Crippen molar-refractivity contribution in [1.29, 1.82) is 0 Å². The highest BCUT2D eigenvalue weighted by atomic mass is 16.3. The third kappa shape index (κ3) is 3.83. The Morgan fingerprint density at radius 3 is 2.07 bits per heavy atom. The quantitative estimate of drug-likeness (QED) is 0.502. The molecule has 4 heteroatoms. The van der Waals surface area contributed by atoms with Crippen LogP contribution in [-0.2, 0) is 9.59 Å². The summed E-state index contributed by atoms with van der Waals surface area (Å²) in [5.41, 5.74) is 0. The number of rotatable bonds is 7. The molecule has 1 N–H and O–H groups in total. The van der Waals surface area contributed by atoms with Crippen LogP contribution < -0.4 is 0 Å². The van der Waals surface area contributed by atoms with Gasteiger partial charge in [0.25, 0.3) is 11.8 Å². The van der Waals surface area contributed by atoms with Crippen molar-refractivity contribution in [2.75, 3.05) is 13.2 Å². The van der Waals surface area contributed by atoms with Gasteiger partial charge in [0, 0.05) is 25.3 Å². The molecule has 0 saturated carbocycles. The molecule has 0 unspecified atom stereocenters. The molecule has 84 valence electrons. The maximum absolute atomic E-state index is 11.1. The van der Waals surface area contributed by atoms with Crippen molar-refractivity contribution in [3.8, 4) is 0 Å². The van der Waals surface area contributed by atoms with E-state index >= 15 is 0 Å². The van der Waals surface area contributed by atoms with Gasteiger partial charge in [-0.25, -0.2) is 0 Å². The van der Waals surface area contributed by atoms with E-state index in [2.05, 4.69) is 0 Å². The molecular formula is C11H17NO3. The molecule has 4 nitrogen and oxygen atoms in total. The van der Waals surface area contributed by atoms with E-state index in [4.69, 9.17) is 5.11 Å². The highest BCUT2D eigenvalue weighted by Gasteiger charge is 2.21. The minimum absolute atomic E-state index is 0.199. The van der Waals surface area contributed by atoms with Gasteiger partial charge in [0.05, 0.1) is 0 Å². The molecule has 2 amide bonds. The van der Waals surface area contributed by atoms with Crippen molar-refractivity contribution in [3.63, 3.8) is 0 Å². The fraction of sp³-hybridized carbons (Fsp3) is 0.636. The first kappa shape index (κ1) is 11.9. The zero-order chi connectivity index (χ0) is 11.1. The van der Waals surface area contributed by atoms with E-state index in [1.807, 2.05) is 0 Å². The molecule has 0 fully saturated rings. The molecule has 0 aromatic rings. The van der Waals surface area contributed by atoms with Crippen molar-refractivity contribution in [2.24, 2.45) is 0 Å². The molecule has 1 aliphatic heterocycles. The topological polar surface area (TPSA) is 57.6 Å². The van der Waals surface area contributed by atoms with Crippen LogP contribution in [0.15, 0.2) is 12.2 Å². The predicted octanol–water partition coefficient (Wildman–Crippen LogP) is 0.854. The Hall–Kier alpha value is -1.16. The summed E-state index contributed by atoms with van der Waals surface area (Å²) in [6.07, 6.45) is 7.37. The van der Waals surface area contributed by atoms with Crippen LogP contribution in [0.25, 0.3) is 0 Å². The summed E-state index contributed by atoms with van der Waals surface area (Å²) < 4.78 is 0. The second kappa shape index (κ2) is 6.35. The maximum Gasteiger partial charge on any atom is 0.253 e. The van der Waals surface area contributed by atoms with E-state index in [1.165, 1.54) is 17.1 Å². The molecule has 0 aromatic heterocycles. The summed E-state index contributed by atoms with van der Waals surface area (Å²) in [6, 6.07) is 0. The molecule has 0 radical (unpaired) electrons. The molecule has 1 rings (SSSR count). The molecule has 0 aliphatic carbocycles. The van der Waals surface area contributed by atoms with Gasteiger partial charge in [-0.15, -0.1) is 0 Å². The van der Waals surface area contributed by atoms with Crippen LogP contribution >= 0.6 is 0 Å². The monoisotopic (exact) mass is 211 g/mol. The minimum atomic E-state index is -0.199. The Labute approximate surface area is 89.6 Å². The number of carbonyl (C=O) groups is 2. The van der Waals surface area contributed by atoms with Crippen molar-refractivity contribution in [1.82, 2.24) is 4.90 Å². The standard InChI is InChI=1S/C11H17NO3/c13-9-5-3-1-2-4-8-12-10(14)6-7-11(12)15/h6-7,13H,1-5,8-9H2. The van der Waals surface area contributed by atoms with Crippen molar-refractivity contribution < 1.29 is 14.7 Å². The van der Waals surface area contributed by atoms with Gasteiger partial charge in [0.1, 0.15) is 0 Å². The molecule has 0 saturated heterocycles. The second-order valence-electron chi connectivity index (χ2n) is 3.65. The molecule has 0 atom stereocenters. The molecule has 1 aliphatic rings. The van der Waals surface area contributed by atoms with Crippen LogP contribution in [0.4, 0.5) is 0 Å². The Morgan fingerprint density at radius 2 is 1.47 bits per heavy atom. The highest BCUT2D eigenvalue weighted by molar-refractivity contribution is 6.12. The number of imide groups is 1. The largest absolute Gasteiger partial charge is 0.396 e. The zero-order valence-electron chi connectivity index (χ0n) is 8.82. The van der Waals surface area contributed by atoms with E-state index in [-0.39, 0.29) is 18.4 Å². The average molecular weight is 211 g/mol. The Morgan fingerprint density at radius 1 is 0.933 bits per heavy atom. The van der Waals surface area contributed by atoms with Crippen LogP contribution in [0, 0.1) is 0 Å². The summed E-state index contributed by atoms with van der Waals surface area (Å²) in [5, 5.41) is 8.56. The van der Waals surface area contributed by atoms with Crippen LogP contribution in [-0.4, -0.2) is 35.0 Å². The molecule has 15 heavy (non-hydrogen) atoms. The Bertz CT molecular complexity index is 243. The van der Waals surface area contributed by atoms with Crippen LogP contribution in [0.3, 0.4) is 0 Å². The fourth-order valence-electron chi connectivity index (χ4n) is 1.56. The van der Waals surface area contributed by atoms with Crippen LogP contribution in [0.2, 0.25) is 0 Å². The summed E-state index contributed by atoms with van der Waals surface area (Å²) in [6.45, 7) is 0.761. The molecular weight excluding hydrogens is 194 g/mol.